The van der Waals surface area contributed by atoms with Crippen LogP contribution in [0.1, 0.15) is 63.5 Å². The molecule has 2 atom stereocenters. The lowest BCUT2D eigenvalue weighted by Gasteiger charge is -2.33. The van der Waals surface area contributed by atoms with Crippen molar-refractivity contribution in [3.8, 4) is 11.5 Å². The first-order valence-corrected chi connectivity index (χ1v) is 11.5. The third kappa shape index (κ3) is 6.86. The fraction of sp³-hybridized carbons (Fsp3) is 0.696. The number of aliphatic hydroxyl groups excluding tert-OH is 1. The topological polar surface area (TPSA) is 83.1 Å². The molecular formula is C23H37N3O4. The number of nitrogens with one attached hydrogen (secondary N) is 2. The van der Waals surface area contributed by atoms with Crippen LogP contribution in [0.2, 0.25) is 0 Å². The van der Waals surface area contributed by atoms with Gasteiger partial charge in [-0.05, 0) is 37.1 Å². The maximum Gasteiger partial charge on any atom is 0.220 e. The number of benzene rings is 1. The Balaban J connectivity index is 1.62. The summed E-state index contributed by atoms with van der Waals surface area (Å²) in [5.41, 5.74) is 0.734. The Morgan fingerprint density at radius 1 is 1.20 bits per heavy atom. The maximum absolute atomic E-state index is 12.6. The van der Waals surface area contributed by atoms with Gasteiger partial charge in [0.15, 0.2) is 11.5 Å². The number of carbonyl (C=O) groups excluding carboxylic acids is 1. The summed E-state index contributed by atoms with van der Waals surface area (Å²) in [4.78, 5) is 14.8. The van der Waals surface area contributed by atoms with Crippen LogP contribution in [0.15, 0.2) is 18.2 Å². The van der Waals surface area contributed by atoms with E-state index in [1.807, 2.05) is 18.2 Å². The van der Waals surface area contributed by atoms with E-state index in [9.17, 15) is 9.90 Å². The van der Waals surface area contributed by atoms with Crippen LogP contribution >= 0.6 is 0 Å². The third-order valence-electron chi connectivity index (χ3n) is 5.76. The molecule has 2 aliphatic rings. The van der Waals surface area contributed by atoms with Crippen LogP contribution in [0.3, 0.4) is 0 Å². The largest absolute Gasteiger partial charge is 0.486 e. The number of hydrogen-bond acceptors (Lipinski definition) is 6. The Bertz CT molecular complexity index is 664. The molecule has 168 valence electrons. The van der Waals surface area contributed by atoms with Gasteiger partial charge in [-0.15, -0.1) is 0 Å². The summed E-state index contributed by atoms with van der Waals surface area (Å²) >= 11 is 0. The Hall–Kier alpha value is -1.83. The number of aliphatic hydroxyl groups is 1. The highest BCUT2D eigenvalue weighted by Crippen LogP contribution is 2.33. The molecule has 1 aromatic carbocycles. The van der Waals surface area contributed by atoms with E-state index in [2.05, 4.69) is 22.5 Å². The van der Waals surface area contributed by atoms with Crippen molar-refractivity contribution in [2.24, 2.45) is 0 Å². The highest BCUT2D eigenvalue weighted by Gasteiger charge is 2.27. The summed E-state index contributed by atoms with van der Waals surface area (Å²) in [5, 5.41) is 17.6. The van der Waals surface area contributed by atoms with Crippen LogP contribution in [0, 0.1) is 0 Å². The number of amides is 1. The predicted molar refractivity (Wildman–Crippen MR) is 117 cm³/mol. The Morgan fingerprint density at radius 2 is 2.00 bits per heavy atom. The van der Waals surface area contributed by atoms with Gasteiger partial charge in [-0.3, -0.25) is 9.69 Å². The van der Waals surface area contributed by atoms with Gasteiger partial charge >= 0.3 is 0 Å². The molecule has 0 aliphatic carbocycles. The summed E-state index contributed by atoms with van der Waals surface area (Å²) in [6.45, 7) is 6.58. The van der Waals surface area contributed by atoms with Gasteiger partial charge in [-0.2, -0.15) is 0 Å². The molecule has 2 heterocycles. The number of ether oxygens (including phenoxy) is 2. The minimum atomic E-state index is -0.813. The van der Waals surface area contributed by atoms with Crippen LogP contribution in [0.5, 0.6) is 11.5 Å². The molecular weight excluding hydrogens is 382 g/mol. The zero-order chi connectivity index (χ0) is 21.2. The van der Waals surface area contributed by atoms with E-state index in [0.29, 0.717) is 37.7 Å². The van der Waals surface area contributed by atoms with Crippen molar-refractivity contribution < 1.29 is 19.4 Å². The fourth-order valence-electron chi connectivity index (χ4n) is 4.05. The first-order chi connectivity index (χ1) is 14.7. The molecule has 0 saturated carbocycles. The van der Waals surface area contributed by atoms with Gasteiger partial charge in [0.1, 0.15) is 19.3 Å². The number of nitrogens with zero attached hydrogens (tertiary/aromatic N) is 1. The lowest BCUT2D eigenvalue weighted by atomic mass is 10.00. The van der Waals surface area contributed by atoms with Gasteiger partial charge in [-0.1, -0.05) is 38.7 Å². The number of fused-ring (bicyclic) bond motifs is 1. The van der Waals surface area contributed by atoms with Crippen molar-refractivity contribution in [1.29, 1.82) is 0 Å². The van der Waals surface area contributed by atoms with Gasteiger partial charge in [0, 0.05) is 26.2 Å². The van der Waals surface area contributed by atoms with Gasteiger partial charge in [0.05, 0.1) is 6.04 Å². The Labute approximate surface area is 180 Å². The van der Waals surface area contributed by atoms with Gasteiger partial charge < -0.3 is 25.2 Å². The van der Waals surface area contributed by atoms with Crippen molar-refractivity contribution in [2.75, 3.05) is 39.5 Å². The van der Waals surface area contributed by atoms with E-state index >= 15 is 0 Å². The molecule has 3 rings (SSSR count). The average molecular weight is 420 g/mol. The van der Waals surface area contributed by atoms with E-state index in [4.69, 9.17) is 9.47 Å². The first kappa shape index (κ1) is 22.8. The molecule has 0 bridgehead atoms. The fourth-order valence-corrected chi connectivity index (χ4v) is 4.05. The van der Waals surface area contributed by atoms with Gasteiger partial charge in [0.25, 0.3) is 0 Å². The molecule has 1 amide bonds. The van der Waals surface area contributed by atoms with Crippen molar-refractivity contribution in [3.63, 3.8) is 0 Å². The zero-order valence-corrected chi connectivity index (χ0v) is 18.2. The lowest BCUT2D eigenvalue weighted by Crippen LogP contribution is -2.51. The second-order valence-corrected chi connectivity index (χ2v) is 8.27. The molecule has 0 radical (unpaired) electrons. The van der Waals surface area contributed by atoms with Gasteiger partial charge in [-0.25, -0.2) is 0 Å². The number of rotatable bonds is 11. The minimum Gasteiger partial charge on any atom is -0.486 e. The average Bonchev–Trinajstić information content (AvgIpc) is 2.78. The summed E-state index contributed by atoms with van der Waals surface area (Å²) in [6, 6.07) is 5.14. The molecule has 2 aliphatic heterocycles. The third-order valence-corrected chi connectivity index (χ3v) is 5.76. The van der Waals surface area contributed by atoms with E-state index < -0.39 is 6.10 Å². The Kier molecular flexibility index (Phi) is 9.24. The number of carbonyl (C=O) groups is 1. The second-order valence-electron chi connectivity index (χ2n) is 8.27. The molecule has 1 saturated heterocycles. The van der Waals surface area contributed by atoms with Crippen molar-refractivity contribution in [1.82, 2.24) is 15.5 Å². The molecule has 7 heteroatoms. The summed E-state index contributed by atoms with van der Waals surface area (Å²) in [6.07, 6.45) is 6.31. The van der Waals surface area contributed by atoms with E-state index in [1.165, 1.54) is 19.3 Å². The minimum absolute atomic E-state index is 0.0121. The van der Waals surface area contributed by atoms with Crippen LogP contribution < -0.4 is 20.1 Å². The normalized spacial score (nSPS) is 18.6. The Morgan fingerprint density at radius 3 is 2.77 bits per heavy atom. The monoisotopic (exact) mass is 419 g/mol. The molecule has 1 fully saturated rings. The summed E-state index contributed by atoms with van der Waals surface area (Å²) < 4.78 is 11.3. The highest BCUT2D eigenvalue weighted by molar-refractivity contribution is 5.76. The van der Waals surface area contributed by atoms with Crippen LogP contribution in [0.4, 0.5) is 0 Å². The van der Waals surface area contributed by atoms with Crippen molar-refractivity contribution in [3.05, 3.63) is 23.8 Å². The predicted octanol–water partition coefficient (Wildman–Crippen LogP) is 2.59. The van der Waals surface area contributed by atoms with Gasteiger partial charge in [0.2, 0.25) is 5.91 Å². The van der Waals surface area contributed by atoms with E-state index in [1.54, 1.807) is 0 Å². The SMILES string of the molecule is CCCCCCCC(=O)N[C@H](CN1CCCNC1)[C@H](O)c1ccc2c(c1)OCCO2. The second kappa shape index (κ2) is 12.1. The molecule has 3 N–H and O–H groups in total. The smallest absolute Gasteiger partial charge is 0.220 e. The molecule has 0 aromatic heterocycles. The van der Waals surface area contributed by atoms with Crippen molar-refractivity contribution in [2.45, 2.75) is 64.0 Å². The maximum atomic E-state index is 12.6. The van der Waals surface area contributed by atoms with E-state index in [-0.39, 0.29) is 11.9 Å². The molecule has 1 aromatic rings. The molecule has 30 heavy (non-hydrogen) atoms. The number of unbranched alkanes of at least 4 members (excludes halogenated alkanes) is 4. The summed E-state index contributed by atoms with van der Waals surface area (Å²) in [5.74, 6) is 1.36. The standard InChI is InChI=1S/C23H37N3O4/c1-2-3-4-5-6-8-22(27)25-19(16-26-12-7-11-24-17-26)23(28)18-9-10-20-21(15-18)30-14-13-29-20/h9-10,15,19,23-24,28H,2-8,11-14,16-17H2,1H3,(H,25,27)/t19-,23-/m1/s1. The first-order valence-electron chi connectivity index (χ1n) is 11.5. The summed E-state index contributed by atoms with van der Waals surface area (Å²) in [7, 11) is 0. The van der Waals surface area contributed by atoms with Crippen LogP contribution in [-0.2, 0) is 4.79 Å². The quantitative estimate of drug-likeness (QED) is 0.478. The molecule has 7 nitrogen and oxygen atoms in total. The van der Waals surface area contributed by atoms with Crippen LogP contribution in [0.25, 0.3) is 0 Å². The number of hydrogen-bond donors (Lipinski definition) is 3. The lowest BCUT2D eigenvalue weighted by molar-refractivity contribution is -0.123. The van der Waals surface area contributed by atoms with Crippen molar-refractivity contribution >= 4 is 5.91 Å². The zero-order valence-electron chi connectivity index (χ0n) is 18.2. The highest BCUT2D eigenvalue weighted by atomic mass is 16.6. The molecule has 0 spiro atoms. The molecule has 0 unspecified atom stereocenters. The van der Waals surface area contributed by atoms with Crippen LogP contribution in [-0.4, -0.2) is 61.5 Å². The van der Waals surface area contributed by atoms with E-state index in [0.717, 1.165) is 44.6 Å².